The molecule has 0 aliphatic rings. The van der Waals surface area contributed by atoms with Gasteiger partial charge in [0.2, 0.25) is 0 Å². The molecule has 5 heteroatoms. The first-order chi connectivity index (χ1) is 10.6. The number of aromatic nitrogens is 1. The van der Waals surface area contributed by atoms with E-state index in [0.717, 1.165) is 22.0 Å². The molecule has 0 spiro atoms. The summed E-state index contributed by atoms with van der Waals surface area (Å²) in [5.41, 5.74) is 3.65. The largest absolute Gasteiger partial charge is 0.343 e. The van der Waals surface area contributed by atoms with Crippen molar-refractivity contribution in [3.8, 4) is 0 Å². The van der Waals surface area contributed by atoms with Crippen molar-refractivity contribution in [3.63, 3.8) is 0 Å². The highest BCUT2D eigenvalue weighted by Crippen LogP contribution is 2.24. The molecule has 0 amide bonds. The van der Waals surface area contributed by atoms with E-state index in [2.05, 4.69) is 0 Å². The van der Waals surface area contributed by atoms with Crippen LogP contribution < -0.4 is 0 Å². The van der Waals surface area contributed by atoms with Crippen LogP contribution in [-0.4, -0.2) is 15.7 Å². The van der Waals surface area contributed by atoms with Crippen molar-refractivity contribution in [2.24, 2.45) is 0 Å². The minimum absolute atomic E-state index is 0.147. The van der Waals surface area contributed by atoms with Gasteiger partial charge in [-0.3, -0.25) is 10.1 Å². The van der Waals surface area contributed by atoms with Gasteiger partial charge in [-0.25, -0.2) is 0 Å². The number of benzene rings is 2. The molecule has 0 saturated carbocycles. The van der Waals surface area contributed by atoms with Gasteiger partial charge in [-0.15, -0.1) is 0 Å². The molecule has 22 heavy (non-hydrogen) atoms. The number of rotatable bonds is 4. The summed E-state index contributed by atoms with van der Waals surface area (Å²) < 4.78 is 2.05. The van der Waals surface area contributed by atoms with Crippen LogP contribution in [0.25, 0.3) is 10.9 Å². The summed E-state index contributed by atoms with van der Waals surface area (Å²) in [6.45, 7) is 2.35. The van der Waals surface area contributed by atoms with E-state index in [1.807, 2.05) is 41.1 Å². The van der Waals surface area contributed by atoms with E-state index in [1.165, 1.54) is 12.3 Å². The van der Waals surface area contributed by atoms with E-state index in [9.17, 15) is 10.1 Å². The highest BCUT2D eigenvalue weighted by Gasteiger charge is 2.14. The Labute approximate surface area is 127 Å². The third-order valence-corrected chi connectivity index (χ3v) is 3.96. The Morgan fingerprint density at radius 3 is 2.73 bits per heavy atom. The molecule has 0 unspecified atom stereocenters. The molecule has 3 aromatic rings. The molecule has 0 fully saturated rings. The highest BCUT2D eigenvalue weighted by atomic mass is 16.6. The summed E-state index contributed by atoms with van der Waals surface area (Å²) >= 11 is 0. The fraction of sp³-hybridized carbons (Fsp3) is 0.118. The second-order valence-corrected chi connectivity index (χ2v) is 5.19. The maximum atomic E-state index is 11.0. The third-order valence-electron chi connectivity index (χ3n) is 3.96. The van der Waals surface area contributed by atoms with E-state index >= 15 is 0 Å². The first-order valence-electron chi connectivity index (χ1n) is 6.93. The van der Waals surface area contributed by atoms with E-state index < -0.39 is 0 Å². The van der Waals surface area contributed by atoms with Gasteiger partial charge in [-0.05, 0) is 24.6 Å². The average molecular weight is 293 g/mol. The van der Waals surface area contributed by atoms with Gasteiger partial charge in [0, 0.05) is 47.1 Å². The second kappa shape index (κ2) is 5.44. The lowest BCUT2D eigenvalue weighted by Gasteiger charge is -2.09. The Morgan fingerprint density at radius 1 is 1.23 bits per heavy atom. The van der Waals surface area contributed by atoms with Gasteiger partial charge in [-0.1, -0.05) is 24.3 Å². The van der Waals surface area contributed by atoms with Crippen molar-refractivity contribution in [3.05, 3.63) is 75.5 Å². The Balaban J connectivity index is 2.06. The monoisotopic (exact) mass is 293 g/mol. The number of fused-ring (bicyclic) bond motifs is 1. The molecule has 0 atom stereocenters. The van der Waals surface area contributed by atoms with Crippen molar-refractivity contribution in [2.75, 3.05) is 0 Å². The number of hydrogen-bond acceptors (Lipinski definition) is 3. The molecule has 1 N–H and O–H groups in total. The Bertz CT molecular complexity index is 881. The minimum Gasteiger partial charge on any atom is -0.343 e. The summed E-state index contributed by atoms with van der Waals surface area (Å²) in [4.78, 5) is 10.7. The predicted octanol–water partition coefficient (Wildman–Crippen LogP) is 3.90. The van der Waals surface area contributed by atoms with E-state index in [1.54, 1.807) is 13.0 Å². The fourth-order valence-electron chi connectivity index (χ4n) is 2.73. The standard InChI is InChI=1S/C17H15N3O2/c1-12-14(5-3-6-16(12)20(21)22)11-19-9-8-15-13(10-18)4-2-7-17(15)19/h2-10,18H,11H2,1H3. The molecule has 110 valence electrons. The highest BCUT2D eigenvalue weighted by molar-refractivity contribution is 5.97. The van der Waals surface area contributed by atoms with E-state index in [-0.39, 0.29) is 10.6 Å². The van der Waals surface area contributed by atoms with Gasteiger partial charge in [0.05, 0.1) is 4.92 Å². The molecule has 0 bridgehead atoms. The molecule has 0 aliphatic carbocycles. The Morgan fingerprint density at radius 2 is 2.00 bits per heavy atom. The van der Waals surface area contributed by atoms with Crippen molar-refractivity contribution in [1.82, 2.24) is 4.57 Å². The maximum absolute atomic E-state index is 11.0. The van der Waals surface area contributed by atoms with Gasteiger partial charge >= 0.3 is 0 Å². The molecule has 2 aromatic carbocycles. The van der Waals surface area contributed by atoms with Crippen LogP contribution in [0.2, 0.25) is 0 Å². The molecule has 5 nitrogen and oxygen atoms in total. The van der Waals surface area contributed by atoms with Crippen LogP contribution in [0.1, 0.15) is 16.7 Å². The van der Waals surface area contributed by atoms with Crippen LogP contribution in [0.3, 0.4) is 0 Å². The van der Waals surface area contributed by atoms with Gasteiger partial charge in [-0.2, -0.15) is 0 Å². The molecule has 0 saturated heterocycles. The van der Waals surface area contributed by atoms with Crippen molar-refractivity contribution in [1.29, 1.82) is 5.41 Å². The quantitative estimate of drug-likeness (QED) is 0.450. The van der Waals surface area contributed by atoms with Crippen LogP contribution >= 0.6 is 0 Å². The zero-order valence-electron chi connectivity index (χ0n) is 12.1. The second-order valence-electron chi connectivity index (χ2n) is 5.19. The van der Waals surface area contributed by atoms with E-state index in [4.69, 9.17) is 5.41 Å². The van der Waals surface area contributed by atoms with Crippen LogP contribution in [-0.2, 0) is 6.54 Å². The topological polar surface area (TPSA) is 71.9 Å². The lowest BCUT2D eigenvalue weighted by Crippen LogP contribution is -2.02. The van der Waals surface area contributed by atoms with Crippen molar-refractivity contribution >= 4 is 22.8 Å². The first kappa shape index (κ1) is 14.0. The first-order valence-corrected chi connectivity index (χ1v) is 6.93. The molecule has 0 aliphatic heterocycles. The number of nitro benzene ring substituents is 1. The van der Waals surface area contributed by atoms with Crippen LogP contribution in [0.4, 0.5) is 5.69 Å². The third kappa shape index (κ3) is 2.26. The smallest absolute Gasteiger partial charge is 0.272 e. The summed E-state index contributed by atoms with van der Waals surface area (Å²) in [5.74, 6) is 0. The molecule has 3 rings (SSSR count). The molecule has 0 radical (unpaired) electrons. The Hall–Kier alpha value is -2.95. The van der Waals surface area contributed by atoms with Gasteiger partial charge in [0.15, 0.2) is 0 Å². The van der Waals surface area contributed by atoms with Crippen LogP contribution in [0.5, 0.6) is 0 Å². The van der Waals surface area contributed by atoms with Crippen LogP contribution in [0, 0.1) is 22.4 Å². The summed E-state index contributed by atoms with van der Waals surface area (Å²) in [6.07, 6.45) is 3.29. The summed E-state index contributed by atoms with van der Waals surface area (Å²) in [7, 11) is 0. The number of nitrogens with zero attached hydrogens (tertiary/aromatic N) is 2. The molecular formula is C17H15N3O2. The van der Waals surface area contributed by atoms with E-state index in [0.29, 0.717) is 12.1 Å². The Kier molecular flexibility index (Phi) is 3.47. The van der Waals surface area contributed by atoms with Crippen molar-refractivity contribution in [2.45, 2.75) is 13.5 Å². The SMILES string of the molecule is Cc1c(Cn2ccc3c(C=N)cccc32)cccc1[N+](=O)[O-]. The molecular weight excluding hydrogens is 278 g/mol. The zero-order chi connectivity index (χ0) is 15.7. The summed E-state index contributed by atoms with van der Waals surface area (Å²) in [6, 6.07) is 12.9. The minimum atomic E-state index is -0.347. The van der Waals surface area contributed by atoms with Gasteiger partial charge < -0.3 is 9.98 Å². The van der Waals surface area contributed by atoms with Crippen LogP contribution in [0.15, 0.2) is 48.7 Å². The molecule has 1 aromatic heterocycles. The predicted molar refractivity (Wildman–Crippen MR) is 86.8 cm³/mol. The lowest BCUT2D eigenvalue weighted by molar-refractivity contribution is -0.385. The number of nitro groups is 1. The number of hydrogen-bond donors (Lipinski definition) is 1. The summed E-state index contributed by atoms with van der Waals surface area (Å²) in [5, 5.41) is 19.5. The lowest BCUT2D eigenvalue weighted by atomic mass is 10.1. The fourth-order valence-corrected chi connectivity index (χ4v) is 2.73. The number of nitrogens with one attached hydrogen (secondary N) is 1. The normalized spacial score (nSPS) is 10.8. The van der Waals surface area contributed by atoms with Crippen molar-refractivity contribution < 1.29 is 4.92 Å². The van der Waals surface area contributed by atoms with Gasteiger partial charge in [0.25, 0.3) is 5.69 Å². The van der Waals surface area contributed by atoms with Gasteiger partial charge in [0.1, 0.15) is 0 Å². The molecule has 1 heterocycles. The average Bonchev–Trinajstić information content (AvgIpc) is 2.92. The zero-order valence-corrected chi connectivity index (χ0v) is 12.1. The maximum Gasteiger partial charge on any atom is 0.272 e.